The maximum atomic E-state index is 5.24. The summed E-state index contributed by atoms with van der Waals surface area (Å²) >= 11 is 0. The van der Waals surface area contributed by atoms with Crippen LogP contribution in [0.2, 0.25) is 0 Å². The minimum absolute atomic E-state index is 0.528. The van der Waals surface area contributed by atoms with Crippen LogP contribution in [0.1, 0.15) is 19.8 Å². The Morgan fingerprint density at radius 2 is 2.21 bits per heavy atom. The summed E-state index contributed by atoms with van der Waals surface area (Å²) in [4.78, 5) is 2.43. The molecule has 0 spiro atoms. The summed E-state index contributed by atoms with van der Waals surface area (Å²) in [7, 11) is 3.99. The Morgan fingerprint density at radius 3 is 2.71 bits per heavy atom. The zero-order chi connectivity index (χ0) is 10.4. The van der Waals surface area contributed by atoms with Gasteiger partial charge in [-0.2, -0.15) is 0 Å². The molecule has 84 valence electrons. The molecule has 0 saturated heterocycles. The van der Waals surface area contributed by atoms with Gasteiger partial charge in [0.15, 0.2) is 0 Å². The third-order valence-corrected chi connectivity index (χ3v) is 2.86. The zero-order valence-corrected chi connectivity index (χ0v) is 9.75. The van der Waals surface area contributed by atoms with E-state index < -0.39 is 0 Å². The predicted octanol–water partition coefficient (Wildman–Crippen LogP) is 0.953. The molecule has 1 unspecified atom stereocenters. The van der Waals surface area contributed by atoms with E-state index in [9.17, 15) is 0 Å². The Balaban J connectivity index is 2.22. The summed E-state index contributed by atoms with van der Waals surface area (Å²) in [6.45, 7) is 6.28. The Morgan fingerprint density at radius 1 is 1.50 bits per heavy atom. The summed E-state index contributed by atoms with van der Waals surface area (Å²) in [5.41, 5.74) is 0. The first-order chi connectivity index (χ1) is 6.77. The summed E-state index contributed by atoms with van der Waals surface area (Å²) in [5.74, 6) is 0.959. The molecule has 1 aliphatic carbocycles. The maximum absolute atomic E-state index is 5.24. The molecule has 14 heavy (non-hydrogen) atoms. The third kappa shape index (κ3) is 4.40. The van der Waals surface area contributed by atoms with Crippen molar-refractivity contribution < 1.29 is 4.74 Å². The number of hydrogen-bond donors (Lipinski definition) is 1. The molecule has 1 atom stereocenters. The lowest BCUT2D eigenvalue weighted by Gasteiger charge is -2.27. The molecule has 0 aliphatic heterocycles. The number of nitrogens with zero attached hydrogens (tertiary/aromatic N) is 1. The smallest absolute Gasteiger partial charge is 0.0630 e. The van der Waals surface area contributed by atoms with Gasteiger partial charge in [0, 0.05) is 26.2 Å². The highest BCUT2D eigenvalue weighted by Gasteiger charge is 2.25. The second-order valence-electron chi connectivity index (χ2n) is 4.30. The quantitative estimate of drug-likeness (QED) is 0.631. The minimum atomic E-state index is 0.528. The fourth-order valence-corrected chi connectivity index (χ4v) is 1.70. The predicted molar refractivity (Wildman–Crippen MR) is 59.6 cm³/mol. The van der Waals surface area contributed by atoms with Crippen molar-refractivity contribution in [1.82, 2.24) is 10.2 Å². The molecule has 0 heterocycles. The molecule has 1 aliphatic rings. The lowest BCUT2D eigenvalue weighted by atomic mass is 10.2. The highest BCUT2D eigenvalue weighted by atomic mass is 16.5. The SMILES string of the molecule is CCNCC(COC)N(C)CC1CC1. The highest BCUT2D eigenvalue weighted by Crippen LogP contribution is 2.29. The van der Waals surface area contributed by atoms with E-state index >= 15 is 0 Å². The summed E-state index contributed by atoms with van der Waals surface area (Å²) in [6.07, 6.45) is 2.84. The Hall–Kier alpha value is -0.120. The second kappa shape index (κ2) is 6.38. The highest BCUT2D eigenvalue weighted by molar-refractivity contribution is 4.80. The van der Waals surface area contributed by atoms with Crippen LogP contribution in [0.5, 0.6) is 0 Å². The second-order valence-corrected chi connectivity index (χ2v) is 4.30. The van der Waals surface area contributed by atoms with Crippen LogP contribution in [0.3, 0.4) is 0 Å². The topological polar surface area (TPSA) is 24.5 Å². The summed E-state index contributed by atoms with van der Waals surface area (Å²) in [6, 6.07) is 0.528. The van der Waals surface area contributed by atoms with Crippen molar-refractivity contribution in [2.75, 3.05) is 40.4 Å². The molecule has 3 heteroatoms. The molecule has 0 aromatic rings. The van der Waals surface area contributed by atoms with Crippen LogP contribution in [-0.4, -0.2) is 51.3 Å². The monoisotopic (exact) mass is 200 g/mol. The van der Waals surface area contributed by atoms with Crippen molar-refractivity contribution in [1.29, 1.82) is 0 Å². The fourth-order valence-electron chi connectivity index (χ4n) is 1.70. The van der Waals surface area contributed by atoms with E-state index in [0.717, 1.165) is 25.6 Å². The summed E-state index contributed by atoms with van der Waals surface area (Å²) in [5, 5.41) is 3.39. The van der Waals surface area contributed by atoms with Crippen molar-refractivity contribution in [3.05, 3.63) is 0 Å². The Labute approximate surface area is 87.8 Å². The van der Waals surface area contributed by atoms with E-state index in [1.807, 2.05) is 0 Å². The Bertz CT molecular complexity index is 148. The van der Waals surface area contributed by atoms with E-state index in [0.29, 0.717) is 6.04 Å². The zero-order valence-electron chi connectivity index (χ0n) is 9.75. The molecule has 1 rings (SSSR count). The summed E-state index contributed by atoms with van der Waals surface area (Å²) < 4.78 is 5.24. The van der Waals surface area contributed by atoms with Gasteiger partial charge in [-0.25, -0.2) is 0 Å². The van der Waals surface area contributed by atoms with Crippen LogP contribution in [0.15, 0.2) is 0 Å². The van der Waals surface area contributed by atoms with Crippen molar-refractivity contribution in [2.24, 2.45) is 5.92 Å². The van der Waals surface area contributed by atoms with Crippen molar-refractivity contribution in [3.8, 4) is 0 Å². The third-order valence-electron chi connectivity index (χ3n) is 2.86. The van der Waals surface area contributed by atoms with Gasteiger partial charge in [0.2, 0.25) is 0 Å². The van der Waals surface area contributed by atoms with Crippen LogP contribution in [0, 0.1) is 5.92 Å². The average molecular weight is 200 g/mol. The van der Waals surface area contributed by atoms with Gasteiger partial charge in [-0.15, -0.1) is 0 Å². The average Bonchev–Trinajstić information content (AvgIpc) is 2.95. The standard InChI is InChI=1S/C11H24N2O/c1-4-12-7-11(9-14-3)13(2)8-10-5-6-10/h10-12H,4-9H2,1-3H3. The van der Waals surface area contributed by atoms with Crippen molar-refractivity contribution in [2.45, 2.75) is 25.8 Å². The lowest BCUT2D eigenvalue weighted by Crippen LogP contribution is -2.43. The number of hydrogen-bond acceptors (Lipinski definition) is 3. The van der Waals surface area contributed by atoms with Crippen LogP contribution >= 0.6 is 0 Å². The first kappa shape index (κ1) is 12.0. The molecular formula is C11H24N2O. The number of likely N-dealkylation sites (N-methyl/N-ethyl adjacent to an activating group) is 2. The van der Waals surface area contributed by atoms with Crippen LogP contribution in [-0.2, 0) is 4.74 Å². The van der Waals surface area contributed by atoms with E-state index in [1.54, 1.807) is 7.11 Å². The molecule has 3 nitrogen and oxygen atoms in total. The van der Waals surface area contributed by atoms with Gasteiger partial charge < -0.3 is 10.1 Å². The van der Waals surface area contributed by atoms with E-state index in [2.05, 4.69) is 24.2 Å². The maximum Gasteiger partial charge on any atom is 0.0630 e. The van der Waals surface area contributed by atoms with Gasteiger partial charge in [0.1, 0.15) is 0 Å². The fraction of sp³-hybridized carbons (Fsp3) is 1.00. The molecule has 1 fully saturated rings. The van der Waals surface area contributed by atoms with Gasteiger partial charge in [0.25, 0.3) is 0 Å². The van der Waals surface area contributed by atoms with Gasteiger partial charge >= 0.3 is 0 Å². The van der Waals surface area contributed by atoms with Gasteiger partial charge in [-0.05, 0) is 32.4 Å². The molecular weight excluding hydrogens is 176 g/mol. The van der Waals surface area contributed by atoms with E-state index in [4.69, 9.17) is 4.74 Å². The first-order valence-corrected chi connectivity index (χ1v) is 5.67. The number of ether oxygens (including phenoxy) is 1. The van der Waals surface area contributed by atoms with Crippen LogP contribution in [0.4, 0.5) is 0 Å². The molecule has 0 aromatic carbocycles. The molecule has 0 bridgehead atoms. The lowest BCUT2D eigenvalue weighted by molar-refractivity contribution is 0.103. The first-order valence-electron chi connectivity index (χ1n) is 5.67. The number of nitrogens with one attached hydrogen (secondary N) is 1. The largest absolute Gasteiger partial charge is 0.383 e. The van der Waals surface area contributed by atoms with Crippen molar-refractivity contribution >= 4 is 0 Å². The minimum Gasteiger partial charge on any atom is -0.383 e. The van der Waals surface area contributed by atoms with Gasteiger partial charge in [0.05, 0.1) is 6.61 Å². The number of rotatable bonds is 8. The van der Waals surface area contributed by atoms with Crippen LogP contribution < -0.4 is 5.32 Å². The molecule has 1 N–H and O–H groups in total. The van der Waals surface area contributed by atoms with Crippen LogP contribution in [0.25, 0.3) is 0 Å². The number of methoxy groups -OCH3 is 1. The molecule has 0 amide bonds. The molecule has 0 radical (unpaired) electrons. The normalized spacial score (nSPS) is 18.9. The molecule has 0 aromatic heterocycles. The van der Waals surface area contributed by atoms with Gasteiger partial charge in [-0.3, -0.25) is 4.90 Å². The van der Waals surface area contributed by atoms with E-state index in [1.165, 1.54) is 19.4 Å². The molecule has 1 saturated carbocycles. The van der Waals surface area contributed by atoms with Crippen molar-refractivity contribution in [3.63, 3.8) is 0 Å². The van der Waals surface area contributed by atoms with E-state index in [-0.39, 0.29) is 0 Å². The van der Waals surface area contributed by atoms with Gasteiger partial charge in [-0.1, -0.05) is 6.92 Å². The Kier molecular flexibility index (Phi) is 5.45.